The second-order valence-electron chi connectivity index (χ2n) is 5.12. The van der Waals surface area contributed by atoms with E-state index in [1.54, 1.807) is 0 Å². The van der Waals surface area contributed by atoms with Gasteiger partial charge in [0.25, 0.3) is 0 Å². The van der Waals surface area contributed by atoms with Gasteiger partial charge in [-0.05, 0) is 48.4 Å². The van der Waals surface area contributed by atoms with Crippen molar-refractivity contribution in [1.29, 1.82) is 0 Å². The second-order valence-corrected chi connectivity index (χ2v) is 5.12. The van der Waals surface area contributed by atoms with Gasteiger partial charge in [-0.1, -0.05) is 26.0 Å². The van der Waals surface area contributed by atoms with Gasteiger partial charge < -0.3 is 10.3 Å². The standard InChI is InChI=1S/C15H22N2/c1-12(2)6-9-17-10-7-14-4-3-13(5-8-16)11-15(14)17/h3-4,7,10-12H,5-6,8-9,16H2,1-2H3. The summed E-state index contributed by atoms with van der Waals surface area (Å²) in [7, 11) is 0. The molecule has 1 aromatic heterocycles. The number of benzene rings is 1. The van der Waals surface area contributed by atoms with Crippen molar-refractivity contribution in [2.24, 2.45) is 11.7 Å². The average molecular weight is 230 g/mol. The first-order chi connectivity index (χ1) is 8.20. The van der Waals surface area contributed by atoms with Gasteiger partial charge in [-0.25, -0.2) is 0 Å². The zero-order valence-electron chi connectivity index (χ0n) is 10.8. The number of hydrogen-bond acceptors (Lipinski definition) is 1. The molecule has 0 bridgehead atoms. The summed E-state index contributed by atoms with van der Waals surface area (Å²) in [5.74, 6) is 0.750. The Hall–Kier alpha value is -1.28. The molecule has 0 spiro atoms. The number of nitrogens with two attached hydrogens (primary N) is 1. The predicted molar refractivity (Wildman–Crippen MR) is 74.2 cm³/mol. The lowest BCUT2D eigenvalue weighted by Crippen LogP contribution is -2.03. The summed E-state index contributed by atoms with van der Waals surface area (Å²) in [5, 5.41) is 1.33. The molecule has 2 nitrogen and oxygen atoms in total. The van der Waals surface area contributed by atoms with Crippen LogP contribution in [-0.4, -0.2) is 11.1 Å². The molecular formula is C15H22N2. The normalized spacial score (nSPS) is 11.5. The summed E-state index contributed by atoms with van der Waals surface area (Å²) < 4.78 is 2.36. The fraction of sp³-hybridized carbons (Fsp3) is 0.467. The van der Waals surface area contributed by atoms with Crippen LogP contribution in [0.25, 0.3) is 10.9 Å². The number of fused-ring (bicyclic) bond motifs is 1. The van der Waals surface area contributed by atoms with Crippen molar-refractivity contribution in [2.75, 3.05) is 6.54 Å². The molecule has 2 heteroatoms. The van der Waals surface area contributed by atoms with Crippen LogP contribution < -0.4 is 5.73 Å². The van der Waals surface area contributed by atoms with Crippen LogP contribution >= 0.6 is 0 Å². The minimum Gasteiger partial charge on any atom is -0.347 e. The summed E-state index contributed by atoms with van der Waals surface area (Å²) in [6.07, 6.45) is 4.38. The maximum atomic E-state index is 5.61. The molecule has 0 amide bonds. The first kappa shape index (κ1) is 12.2. The Morgan fingerprint density at radius 3 is 2.76 bits per heavy atom. The van der Waals surface area contributed by atoms with Crippen LogP contribution in [-0.2, 0) is 13.0 Å². The van der Waals surface area contributed by atoms with Crippen molar-refractivity contribution in [1.82, 2.24) is 4.57 Å². The molecule has 92 valence electrons. The van der Waals surface area contributed by atoms with E-state index in [0.29, 0.717) is 0 Å². The molecule has 2 rings (SSSR count). The van der Waals surface area contributed by atoms with Crippen molar-refractivity contribution >= 4 is 10.9 Å². The molecule has 0 saturated carbocycles. The summed E-state index contributed by atoms with van der Waals surface area (Å²) in [4.78, 5) is 0. The van der Waals surface area contributed by atoms with Crippen molar-refractivity contribution < 1.29 is 0 Å². The molecular weight excluding hydrogens is 208 g/mol. The van der Waals surface area contributed by atoms with Gasteiger partial charge in [0, 0.05) is 18.3 Å². The number of nitrogens with zero attached hydrogens (tertiary/aromatic N) is 1. The summed E-state index contributed by atoms with van der Waals surface area (Å²) in [5.41, 5.74) is 8.29. The van der Waals surface area contributed by atoms with Gasteiger partial charge >= 0.3 is 0 Å². The van der Waals surface area contributed by atoms with Gasteiger partial charge in [-0.15, -0.1) is 0 Å². The van der Waals surface area contributed by atoms with Crippen LogP contribution in [0.3, 0.4) is 0 Å². The van der Waals surface area contributed by atoms with Crippen LogP contribution in [0.2, 0.25) is 0 Å². The summed E-state index contributed by atoms with van der Waals surface area (Å²) in [6, 6.07) is 8.86. The van der Waals surface area contributed by atoms with Gasteiger partial charge in [-0.3, -0.25) is 0 Å². The highest BCUT2D eigenvalue weighted by Crippen LogP contribution is 2.19. The zero-order chi connectivity index (χ0) is 12.3. The third-order valence-corrected chi connectivity index (χ3v) is 3.22. The number of hydrogen-bond donors (Lipinski definition) is 1. The topological polar surface area (TPSA) is 30.9 Å². The Balaban J connectivity index is 2.26. The highest BCUT2D eigenvalue weighted by atomic mass is 14.9. The third-order valence-electron chi connectivity index (χ3n) is 3.22. The third kappa shape index (κ3) is 2.89. The Labute approximate surface area is 103 Å². The minimum atomic E-state index is 0.720. The number of aryl methyl sites for hydroxylation is 1. The van der Waals surface area contributed by atoms with E-state index in [-0.39, 0.29) is 0 Å². The van der Waals surface area contributed by atoms with Crippen LogP contribution in [0.15, 0.2) is 30.5 Å². The predicted octanol–water partition coefficient (Wildman–Crippen LogP) is 3.19. The van der Waals surface area contributed by atoms with E-state index >= 15 is 0 Å². The van der Waals surface area contributed by atoms with E-state index in [9.17, 15) is 0 Å². The largest absolute Gasteiger partial charge is 0.347 e. The Morgan fingerprint density at radius 1 is 1.24 bits per heavy atom. The number of aromatic nitrogens is 1. The summed E-state index contributed by atoms with van der Waals surface area (Å²) in [6.45, 7) is 6.36. The maximum absolute atomic E-state index is 5.61. The quantitative estimate of drug-likeness (QED) is 0.840. The molecule has 2 aromatic rings. The maximum Gasteiger partial charge on any atom is 0.0483 e. The molecule has 0 saturated heterocycles. The molecule has 0 aliphatic heterocycles. The van der Waals surface area contributed by atoms with Gasteiger partial charge in [0.2, 0.25) is 0 Å². The van der Waals surface area contributed by atoms with Gasteiger partial charge in [-0.2, -0.15) is 0 Å². The summed E-state index contributed by atoms with van der Waals surface area (Å²) >= 11 is 0. The lowest BCUT2D eigenvalue weighted by Gasteiger charge is -2.08. The molecule has 0 radical (unpaired) electrons. The van der Waals surface area contributed by atoms with Gasteiger partial charge in [0.05, 0.1) is 0 Å². The van der Waals surface area contributed by atoms with Crippen LogP contribution in [0, 0.1) is 5.92 Å². The Bertz CT molecular complexity index is 483. The van der Waals surface area contributed by atoms with E-state index in [2.05, 4.69) is 48.9 Å². The Kier molecular flexibility index (Phi) is 3.85. The van der Waals surface area contributed by atoms with E-state index < -0.39 is 0 Å². The van der Waals surface area contributed by atoms with Crippen LogP contribution in [0.1, 0.15) is 25.8 Å². The number of rotatable bonds is 5. The van der Waals surface area contributed by atoms with E-state index in [1.165, 1.54) is 22.9 Å². The van der Waals surface area contributed by atoms with Crippen molar-refractivity contribution in [3.8, 4) is 0 Å². The molecule has 0 aliphatic rings. The molecule has 1 heterocycles. The fourth-order valence-corrected chi connectivity index (χ4v) is 2.14. The monoisotopic (exact) mass is 230 g/mol. The average Bonchev–Trinajstić information content (AvgIpc) is 2.69. The molecule has 0 atom stereocenters. The molecule has 0 aliphatic carbocycles. The highest BCUT2D eigenvalue weighted by molar-refractivity contribution is 5.80. The zero-order valence-corrected chi connectivity index (χ0v) is 10.8. The first-order valence-electron chi connectivity index (χ1n) is 6.48. The van der Waals surface area contributed by atoms with Crippen molar-refractivity contribution in [3.05, 3.63) is 36.0 Å². The second kappa shape index (κ2) is 5.37. The van der Waals surface area contributed by atoms with Gasteiger partial charge in [0.15, 0.2) is 0 Å². The molecule has 0 fully saturated rings. The minimum absolute atomic E-state index is 0.720. The molecule has 17 heavy (non-hydrogen) atoms. The smallest absolute Gasteiger partial charge is 0.0483 e. The first-order valence-corrected chi connectivity index (χ1v) is 6.48. The van der Waals surface area contributed by atoms with Gasteiger partial charge in [0.1, 0.15) is 0 Å². The van der Waals surface area contributed by atoms with Crippen LogP contribution in [0.4, 0.5) is 0 Å². The van der Waals surface area contributed by atoms with E-state index in [0.717, 1.165) is 25.4 Å². The van der Waals surface area contributed by atoms with E-state index in [1.807, 2.05) is 0 Å². The lowest BCUT2D eigenvalue weighted by atomic mass is 10.1. The molecule has 0 unspecified atom stereocenters. The van der Waals surface area contributed by atoms with Crippen LogP contribution in [0.5, 0.6) is 0 Å². The Morgan fingerprint density at radius 2 is 2.06 bits per heavy atom. The SMILES string of the molecule is CC(C)CCn1ccc2ccc(CCN)cc21. The van der Waals surface area contributed by atoms with Crippen molar-refractivity contribution in [2.45, 2.75) is 33.2 Å². The fourth-order valence-electron chi connectivity index (χ4n) is 2.14. The van der Waals surface area contributed by atoms with Crippen molar-refractivity contribution in [3.63, 3.8) is 0 Å². The molecule has 1 aromatic carbocycles. The van der Waals surface area contributed by atoms with E-state index in [4.69, 9.17) is 5.73 Å². The molecule has 2 N–H and O–H groups in total. The highest BCUT2D eigenvalue weighted by Gasteiger charge is 2.03. The lowest BCUT2D eigenvalue weighted by molar-refractivity contribution is 0.524.